The number of piperidine rings is 1. The van der Waals surface area contributed by atoms with Gasteiger partial charge in [-0.15, -0.1) is 4.28 Å². The van der Waals surface area contributed by atoms with E-state index in [9.17, 15) is 22.8 Å². The van der Waals surface area contributed by atoms with Crippen molar-refractivity contribution in [3.8, 4) is 0 Å². The molecule has 0 saturated carbocycles. The fourth-order valence-corrected chi connectivity index (χ4v) is 3.79. The summed E-state index contributed by atoms with van der Waals surface area (Å²) in [5, 5.41) is 5.77. The van der Waals surface area contributed by atoms with Crippen LogP contribution in [0.15, 0.2) is 0 Å². The maximum atomic E-state index is 12.3. The second-order valence-electron chi connectivity index (χ2n) is 6.39. The molecule has 3 atom stereocenters. The van der Waals surface area contributed by atoms with E-state index < -0.39 is 40.5 Å². The fourth-order valence-electron chi connectivity index (χ4n) is 3.40. The summed E-state index contributed by atoms with van der Waals surface area (Å²) in [6, 6.07) is -2.36. The molecule has 13 heteroatoms. The zero-order chi connectivity index (χ0) is 18.9. The summed E-state index contributed by atoms with van der Waals surface area (Å²) < 4.78 is 39.7. The van der Waals surface area contributed by atoms with Gasteiger partial charge in [0.25, 0.3) is 5.91 Å². The number of hydroxylamine groups is 2. The fraction of sp³-hybridized carbons (Fsp3) is 0.769. The zero-order valence-electron chi connectivity index (χ0n) is 13.8. The van der Waals surface area contributed by atoms with Crippen LogP contribution in [0.4, 0.5) is 9.59 Å². The molecule has 0 aliphatic carbocycles. The Morgan fingerprint density at radius 1 is 1.31 bits per heavy atom. The number of imide groups is 1. The van der Waals surface area contributed by atoms with Crippen molar-refractivity contribution in [2.24, 2.45) is 0 Å². The van der Waals surface area contributed by atoms with Crippen LogP contribution in [-0.2, 0) is 24.2 Å². The highest BCUT2D eigenvalue weighted by molar-refractivity contribution is 7.80. The van der Waals surface area contributed by atoms with Crippen LogP contribution >= 0.6 is 0 Å². The summed E-state index contributed by atoms with van der Waals surface area (Å²) in [6.07, 6.45) is 1.47. The SMILES string of the molecule is O=C(NC(=O)[C@@H]1CCC2CN1C(=O)N2OS(=O)(=O)O)OC[C@@H]1CCCN1. The Bertz CT molecular complexity index is 692. The standard InChI is InChI=1S/C13H20N4O8S/c18-11(15-12(19)24-7-8-2-1-5-14-8)10-4-3-9-6-16(10)13(20)17(9)25-26(21,22)23/h8-10,14H,1-7H2,(H,15,18,19)(H,21,22,23)/t8-,9?,10-/m0/s1. The van der Waals surface area contributed by atoms with Gasteiger partial charge in [-0.2, -0.15) is 13.5 Å². The number of ether oxygens (including phenoxy) is 1. The van der Waals surface area contributed by atoms with Crippen molar-refractivity contribution < 1.29 is 36.4 Å². The smallest absolute Gasteiger partial charge is 0.418 e. The molecular weight excluding hydrogens is 372 g/mol. The third-order valence-corrected chi connectivity index (χ3v) is 4.95. The minimum absolute atomic E-state index is 0.0491. The summed E-state index contributed by atoms with van der Waals surface area (Å²) in [7, 11) is -4.85. The molecule has 0 radical (unpaired) electrons. The Labute approximate surface area is 149 Å². The van der Waals surface area contributed by atoms with Gasteiger partial charge in [0, 0.05) is 12.6 Å². The van der Waals surface area contributed by atoms with Crippen molar-refractivity contribution in [1.29, 1.82) is 0 Å². The molecule has 1 unspecified atom stereocenters. The first kappa shape index (κ1) is 18.8. The summed E-state index contributed by atoms with van der Waals surface area (Å²) in [4.78, 5) is 37.3. The first-order chi connectivity index (χ1) is 12.2. The number of nitrogens with zero attached hydrogens (tertiary/aromatic N) is 2. The molecule has 3 fully saturated rings. The summed E-state index contributed by atoms with van der Waals surface area (Å²) in [6.45, 7) is 1.05. The van der Waals surface area contributed by atoms with Gasteiger partial charge in [0.1, 0.15) is 12.6 Å². The van der Waals surface area contributed by atoms with Crippen LogP contribution in [0.25, 0.3) is 0 Å². The largest absolute Gasteiger partial charge is 0.448 e. The van der Waals surface area contributed by atoms with E-state index in [4.69, 9.17) is 9.29 Å². The maximum absolute atomic E-state index is 12.3. The van der Waals surface area contributed by atoms with Gasteiger partial charge in [0.15, 0.2) is 0 Å². The number of alkyl carbamates (subject to hydrolysis) is 1. The number of rotatable bonds is 5. The molecule has 26 heavy (non-hydrogen) atoms. The van der Waals surface area contributed by atoms with Gasteiger partial charge in [-0.1, -0.05) is 0 Å². The van der Waals surface area contributed by atoms with Gasteiger partial charge in [-0.25, -0.2) is 9.59 Å². The minimum Gasteiger partial charge on any atom is -0.448 e. The first-order valence-corrected chi connectivity index (χ1v) is 9.59. The second-order valence-corrected chi connectivity index (χ2v) is 7.40. The van der Waals surface area contributed by atoms with Crippen LogP contribution in [0, 0.1) is 0 Å². The van der Waals surface area contributed by atoms with E-state index in [0.29, 0.717) is 5.06 Å². The third-order valence-electron chi connectivity index (χ3n) is 4.60. The van der Waals surface area contributed by atoms with Crippen LogP contribution in [0.3, 0.4) is 0 Å². The minimum atomic E-state index is -4.85. The monoisotopic (exact) mass is 392 g/mol. The van der Waals surface area contributed by atoms with E-state index in [1.54, 1.807) is 0 Å². The number of carbonyl (C=O) groups is 3. The second kappa shape index (κ2) is 7.34. The number of urea groups is 1. The van der Waals surface area contributed by atoms with Crippen LogP contribution in [0.2, 0.25) is 0 Å². The van der Waals surface area contributed by atoms with E-state index in [1.165, 1.54) is 0 Å². The zero-order valence-corrected chi connectivity index (χ0v) is 14.6. The molecule has 3 aliphatic heterocycles. The van der Waals surface area contributed by atoms with Crippen LogP contribution in [0.5, 0.6) is 0 Å². The molecule has 3 heterocycles. The number of amides is 4. The number of carbonyl (C=O) groups excluding carboxylic acids is 3. The predicted octanol–water partition coefficient (Wildman–Crippen LogP) is -1.01. The first-order valence-electron chi connectivity index (χ1n) is 8.22. The van der Waals surface area contributed by atoms with Crippen LogP contribution in [-0.4, -0.2) is 78.8 Å². The molecule has 3 N–H and O–H groups in total. The molecule has 3 saturated heterocycles. The molecule has 0 spiro atoms. The van der Waals surface area contributed by atoms with Gasteiger partial charge < -0.3 is 15.0 Å². The highest BCUT2D eigenvalue weighted by Crippen LogP contribution is 2.30. The average molecular weight is 392 g/mol. The Kier molecular flexibility index (Phi) is 5.32. The lowest BCUT2D eigenvalue weighted by Gasteiger charge is -2.28. The third kappa shape index (κ3) is 4.23. The number of nitrogens with one attached hydrogen (secondary N) is 2. The van der Waals surface area contributed by atoms with Crippen molar-refractivity contribution in [3.05, 3.63) is 0 Å². The summed E-state index contributed by atoms with van der Waals surface area (Å²) in [5.41, 5.74) is 0. The number of hydrogen-bond donors (Lipinski definition) is 3. The lowest BCUT2D eigenvalue weighted by atomic mass is 10.0. The highest BCUT2D eigenvalue weighted by Gasteiger charge is 2.49. The van der Waals surface area contributed by atoms with Gasteiger partial charge >= 0.3 is 22.5 Å². The van der Waals surface area contributed by atoms with Crippen molar-refractivity contribution in [2.45, 2.75) is 43.8 Å². The summed E-state index contributed by atoms with van der Waals surface area (Å²) in [5.74, 6) is -0.713. The van der Waals surface area contributed by atoms with Crippen LogP contribution < -0.4 is 10.6 Å². The quantitative estimate of drug-likeness (QED) is 0.499. The van der Waals surface area contributed by atoms with Crippen LogP contribution in [0.1, 0.15) is 25.7 Å². The van der Waals surface area contributed by atoms with Gasteiger partial charge in [0.2, 0.25) is 0 Å². The normalized spacial score (nSPS) is 28.3. The molecular formula is C13H20N4O8S. The topological polar surface area (TPSA) is 155 Å². The number of hydrogen-bond acceptors (Lipinski definition) is 8. The van der Waals surface area contributed by atoms with Gasteiger partial charge in [0.05, 0.1) is 6.04 Å². The Balaban J connectivity index is 1.54. The molecule has 146 valence electrons. The van der Waals surface area contributed by atoms with Crippen molar-refractivity contribution in [1.82, 2.24) is 20.6 Å². The van der Waals surface area contributed by atoms with Gasteiger partial charge in [-0.05, 0) is 32.2 Å². The molecule has 12 nitrogen and oxygen atoms in total. The van der Waals surface area contributed by atoms with Gasteiger partial charge in [-0.3, -0.25) is 14.7 Å². The Morgan fingerprint density at radius 2 is 2.08 bits per heavy atom. The van der Waals surface area contributed by atoms with E-state index in [0.717, 1.165) is 24.3 Å². The average Bonchev–Trinajstić information content (AvgIpc) is 3.16. The molecule has 3 rings (SSSR count). The highest BCUT2D eigenvalue weighted by atomic mass is 32.3. The molecule has 3 aliphatic rings. The van der Waals surface area contributed by atoms with E-state index in [2.05, 4.69) is 14.9 Å². The number of fused-ring (bicyclic) bond motifs is 2. The predicted molar refractivity (Wildman–Crippen MR) is 83.9 cm³/mol. The Hall–Kier alpha value is -1.96. The van der Waals surface area contributed by atoms with E-state index in [1.807, 2.05) is 0 Å². The Morgan fingerprint density at radius 3 is 2.73 bits per heavy atom. The summed E-state index contributed by atoms with van der Waals surface area (Å²) >= 11 is 0. The molecule has 0 aromatic carbocycles. The maximum Gasteiger partial charge on any atom is 0.418 e. The van der Waals surface area contributed by atoms with E-state index in [-0.39, 0.29) is 32.0 Å². The lowest BCUT2D eigenvalue weighted by molar-refractivity contribution is -0.125. The van der Waals surface area contributed by atoms with E-state index >= 15 is 0 Å². The van der Waals surface area contributed by atoms with Crippen molar-refractivity contribution in [3.63, 3.8) is 0 Å². The molecule has 0 aromatic rings. The lowest BCUT2D eigenvalue weighted by Crippen LogP contribution is -2.51. The molecule has 0 aromatic heterocycles. The molecule has 2 bridgehead atoms. The van der Waals surface area contributed by atoms with Crippen molar-refractivity contribution in [2.75, 3.05) is 19.7 Å². The molecule has 4 amide bonds. The van der Waals surface area contributed by atoms with Crippen molar-refractivity contribution >= 4 is 28.4 Å².